The smallest absolute Gasteiger partial charge is 0.221 e. The first-order chi connectivity index (χ1) is 14.5. The van der Waals surface area contributed by atoms with Gasteiger partial charge in [-0.3, -0.25) is 4.79 Å². The lowest BCUT2D eigenvalue weighted by Gasteiger charge is -2.18. The molecule has 0 aliphatic carbocycles. The van der Waals surface area contributed by atoms with Crippen molar-refractivity contribution < 1.29 is 14.3 Å². The van der Waals surface area contributed by atoms with Crippen LogP contribution in [0.2, 0.25) is 0 Å². The predicted molar refractivity (Wildman–Crippen MR) is 124 cm³/mol. The molecule has 0 saturated carbocycles. The standard InChI is InChI=1S/C24H25BrN2O3/c1-16-4-6-18(7-5-16)15-30-24-21(22(25)12-13-23(24)29-3)14-26-19-8-10-20(11-9-19)27-17(2)28/h4-13,26H,14-15H2,1-3H3,(H,27,28). The Labute approximate surface area is 185 Å². The van der Waals surface area contributed by atoms with E-state index in [2.05, 4.69) is 57.8 Å². The predicted octanol–water partition coefficient (Wildman–Crippen LogP) is 5.92. The summed E-state index contributed by atoms with van der Waals surface area (Å²) in [5.74, 6) is 1.30. The Bertz CT molecular complexity index is 1000. The minimum Gasteiger partial charge on any atom is -0.493 e. The van der Waals surface area contributed by atoms with Crippen LogP contribution in [0.25, 0.3) is 0 Å². The highest BCUT2D eigenvalue weighted by atomic mass is 79.9. The zero-order valence-electron chi connectivity index (χ0n) is 17.3. The summed E-state index contributed by atoms with van der Waals surface area (Å²) in [5.41, 5.74) is 4.97. The number of rotatable bonds is 8. The van der Waals surface area contributed by atoms with Gasteiger partial charge >= 0.3 is 0 Å². The van der Waals surface area contributed by atoms with Gasteiger partial charge in [-0.1, -0.05) is 45.8 Å². The number of hydrogen-bond donors (Lipinski definition) is 2. The summed E-state index contributed by atoms with van der Waals surface area (Å²) < 4.78 is 12.6. The summed E-state index contributed by atoms with van der Waals surface area (Å²) >= 11 is 3.64. The Kier molecular flexibility index (Phi) is 7.36. The molecule has 0 atom stereocenters. The van der Waals surface area contributed by atoms with Gasteiger partial charge in [-0.2, -0.15) is 0 Å². The van der Waals surface area contributed by atoms with Crippen molar-refractivity contribution in [2.75, 3.05) is 17.7 Å². The van der Waals surface area contributed by atoms with E-state index in [-0.39, 0.29) is 5.91 Å². The van der Waals surface area contributed by atoms with Gasteiger partial charge in [0.25, 0.3) is 0 Å². The second kappa shape index (κ2) is 10.2. The molecular weight excluding hydrogens is 444 g/mol. The Morgan fingerprint density at radius 2 is 1.63 bits per heavy atom. The van der Waals surface area contributed by atoms with Crippen LogP contribution in [0.15, 0.2) is 65.1 Å². The molecule has 156 valence electrons. The summed E-state index contributed by atoms with van der Waals surface area (Å²) in [5, 5.41) is 6.17. The van der Waals surface area contributed by atoms with Gasteiger partial charge in [0.15, 0.2) is 11.5 Å². The Morgan fingerprint density at radius 3 is 2.27 bits per heavy atom. The maximum atomic E-state index is 11.2. The molecule has 0 heterocycles. The van der Waals surface area contributed by atoms with Gasteiger partial charge in [-0.05, 0) is 48.9 Å². The summed E-state index contributed by atoms with van der Waals surface area (Å²) in [6.45, 7) is 4.55. The number of hydrogen-bond acceptors (Lipinski definition) is 4. The molecule has 0 bridgehead atoms. The van der Waals surface area contributed by atoms with Crippen molar-refractivity contribution in [1.29, 1.82) is 0 Å². The van der Waals surface area contributed by atoms with Crippen LogP contribution in [0.1, 0.15) is 23.6 Å². The minimum atomic E-state index is -0.0913. The lowest BCUT2D eigenvalue weighted by atomic mass is 10.1. The molecule has 0 radical (unpaired) electrons. The Hall–Kier alpha value is -2.99. The molecule has 3 rings (SSSR count). The average Bonchev–Trinajstić information content (AvgIpc) is 2.73. The average molecular weight is 469 g/mol. The first-order valence-corrected chi connectivity index (χ1v) is 10.4. The molecule has 0 saturated heterocycles. The number of nitrogens with one attached hydrogen (secondary N) is 2. The van der Waals surface area contributed by atoms with Crippen LogP contribution in [-0.2, 0) is 17.9 Å². The van der Waals surface area contributed by atoms with Crippen LogP contribution in [0.3, 0.4) is 0 Å². The summed E-state index contributed by atoms with van der Waals surface area (Å²) in [6.07, 6.45) is 0. The fourth-order valence-corrected chi connectivity index (χ4v) is 3.42. The number of methoxy groups -OCH3 is 1. The lowest BCUT2D eigenvalue weighted by Crippen LogP contribution is -2.07. The van der Waals surface area contributed by atoms with Gasteiger partial charge < -0.3 is 20.1 Å². The van der Waals surface area contributed by atoms with E-state index in [0.29, 0.717) is 24.7 Å². The molecular formula is C24H25BrN2O3. The molecule has 3 aromatic rings. The summed E-state index contributed by atoms with van der Waals surface area (Å²) in [7, 11) is 1.64. The van der Waals surface area contributed by atoms with Gasteiger partial charge in [0.1, 0.15) is 6.61 Å². The van der Waals surface area contributed by atoms with E-state index in [9.17, 15) is 4.79 Å². The first-order valence-electron chi connectivity index (χ1n) is 9.61. The Morgan fingerprint density at radius 1 is 0.967 bits per heavy atom. The molecule has 2 N–H and O–H groups in total. The molecule has 30 heavy (non-hydrogen) atoms. The first kappa shape index (κ1) is 21.7. The van der Waals surface area contributed by atoms with E-state index < -0.39 is 0 Å². The molecule has 6 heteroatoms. The van der Waals surface area contributed by atoms with Gasteiger partial charge in [0.05, 0.1) is 7.11 Å². The van der Waals surface area contributed by atoms with Crippen LogP contribution in [-0.4, -0.2) is 13.0 Å². The fourth-order valence-electron chi connectivity index (χ4n) is 2.97. The largest absolute Gasteiger partial charge is 0.493 e. The van der Waals surface area contributed by atoms with Gasteiger partial charge in [-0.15, -0.1) is 0 Å². The maximum Gasteiger partial charge on any atom is 0.221 e. The van der Waals surface area contributed by atoms with E-state index in [1.807, 2.05) is 36.4 Å². The number of benzene rings is 3. The highest BCUT2D eigenvalue weighted by Gasteiger charge is 2.15. The SMILES string of the molecule is COc1ccc(Br)c(CNc2ccc(NC(C)=O)cc2)c1OCc1ccc(C)cc1. The molecule has 3 aromatic carbocycles. The number of ether oxygens (including phenoxy) is 2. The van der Waals surface area contributed by atoms with Crippen molar-refractivity contribution in [3.05, 3.63) is 81.8 Å². The second-order valence-corrected chi connectivity index (χ2v) is 7.80. The molecule has 0 aromatic heterocycles. The lowest BCUT2D eigenvalue weighted by molar-refractivity contribution is -0.114. The molecule has 0 aliphatic heterocycles. The number of carbonyl (C=O) groups excluding carboxylic acids is 1. The number of carbonyl (C=O) groups is 1. The molecule has 0 aliphatic rings. The third-order valence-corrected chi connectivity index (χ3v) is 5.31. The van der Waals surface area contributed by atoms with Crippen molar-refractivity contribution in [3.8, 4) is 11.5 Å². The third kappa shape index (κ3) is 5.76. The van der Waals surface area contributed by atoms with Crippen LogP contribution in [0, 0.1) is 6.92 Å². The van der Waals surface area contributed by atoms with Crippen molar-refractivity contribution in [3.63, 3.8) is 0 Å². The topological polar surface area (TPSA) is 59.6 Å². The molecule has 0 unspecified atom stereocenters. The van der Waals surface area contributed by atoms with Crippen LogP contribution < -0.4 is 20.1 Å². The fraction of sp³-hybridized carbons (Fsp3) is 0.208. The van der Waals surface area contributed by atoms with E-state index >= 15 is 0 Å². The molecule has 5 nitrogen and oxygen atoms in total. The zero-order valence-corrected chi connectivity index (χ0v) is 18.9. The molecule has 1 amide bonds. The van der Waals surface area contributed by atoms with Crippen molar-refractivity contribution in [1.82, 2.24) is 0 Å². The van der Waals surface area contributed by atoms with Gasteiger partial charge in [0, 0.05) is 34.9 Å². The van der Waals surface area contributed by atoms with Crippen molar-refractivity contribution in [2.24, 2.45) is 0 Å². The van der Waals surface area contributed by atoms with Gasteiger partial charge in [-0.25, -0.2) is 0 Å². The third-order valence-electron chi connectivity index (χ3n) is 4.57. The highest BCUT2D eigenvalue weighted by molar-refractivity contribution is 9.10. The highest BCUT2D eigenvalue weighted by Crippen LogP contribution is 2.37. The van der Waals surface area contributed by atoms with E-state index in [0.717, 1.165) is 27.0 Å². The number of aryl methyl sites for hydroxylation is 1. The monoisotopic (exact) mass is 468 g/mol. The Balaban J connectivity index is 1.76. The van der Waals surface area contributed by atoms with Crippen LogP contribution in [0.5, 0.6) is 11.5 Å². The molecule has 0 fully saturated rings. The normalized spacial score (nSPS) is 10.4. The summed E-state index contributed by atoms with van der Waals surface area (Å²) in [6, 6.07) is 19.7. The quantitative estimate of drug-likeness (QED) is 0.430. The number of halogens is 1. The van der Waals surface area contributed by atoms with Crippen LogP contribution in [0.4, 0.5) is 11.4 Å². The minimum absolute atomic E-state index is 0.0913. The number of anilines is 2. The van der Waals surface area contributed by atoms with Gasteiger partial charge in [0.2, 0.25) is 5.91 Å². The molecule has 0 spiro atoms. The van der Waals surface area contributed by atoms with E-state index in [1.165, 1.54) is 12.5 Å². The summed E-state index contributed by atoms with van der Waals surface area (Å²) in [4.78, 5) is 11.2. The van der Waals surface area contributed by atoms with Crippen LogP contribution >= 0.6 is 15.9 Å². The van der Waals surface area contributed by atoms with Crippen molar-refractivity contribution >= 4 is 33.2 Å². The van der Waals surface area contributed by atoms with Crippen molar-refractivity contribution in [2.45, 2.75) is 27.0 Å². The second-order valence-electron chi connectivity index (χ2n) is 6.94. The van der Waals surface area contributed by atoms with E-state index in [1.54, 1.807) is 7.11 Å². The van der Waals surface area contributed by atoms with E-state index in [4.69, 9.17) is 9.47 Å². The zero-order chi connectivity index (χ0) is 21.5. The number of amides is 1. The maximum absolute atomic E-state index is 11.2.